The second-order valence-corrected chi connectivity index (χ2v) is 5.95. The smallest absolute Gasteiger partial charge is 0.350 e. The molecule has 0 saturated heterocycles. The number of methoxy groups -OCH3 is 1. The highest BCUT2D eigenvalue weighted by Crippen LogP contribution is 2.23. The van der Waals surface area contributed by atoms with Crippen molar-refractivity contribution in [2.75, 3.05) is 25.6 Å². The molecular weight excluding hydrogens is 376 g/mol. The van der Waals surface area contributed by atoms with Gasteiger partial charge in [0.1, 0.15) is 16.2 Å². The zero-order valence-electron chi connectivity index (χ0n) is 14.2. The summed E-state index contributed by atoms with van der Waals surface area (Å²) in [5.41, 5.74) is 5.31. The lowest BCUT2D eigenvalue weighted by molar-refractivity contribution is -0.120. The number of para-hydroxylation sites is 1. The summed E-state index contributed by atoms with van der Waals surface area (Å²) < 4.78 is 14.7. The predicted molar refractivity (Wildman–Crippen MR) is 95.7 cm³/mol. The van der Waals surface area contributed by atoms with Gasteiger partial charge in [-0.2, -0.15) is 0 Å². The molecule has 0 aliphatic heterocycles. The van der Waals surface area contributed by atoms with Gasteiger partial charge in [0.15, 0.2) is 13.2 Å². The molecule has 0 bridgehead atoms. The second kappa shape index (κ2) is 9.34. The van der Waals surface area contributed by atoms with E-state index >= 15 is 0 Å². The van der Waals surface area contributed by atoms with Crippen molar-refractivity contribution in [3.8, 4) is 5.75 Å². The van der Waals surface area contributed by atoms with Crippen LogP contribution in [-0.4, -0.2) is 44.1 Å². The molecule has 0 aliphatic rings. The minimum atomic E-state index is -0.816. The Balaban J connectivity index is 1.96. The summed E-state index contributed by atoms with van der Waals surface area (Å²) in [5, 5.41) is 4.08. The van der Waals surface area contributed by atoms with Gasteiger partial charge in [-0.25, -0.2) is 9.59 Å². The van der Waals surface area contributed by atoms with E-state index in [4.69, 9.17) is 15.2 Å². The number of esters is 2. The number of hydrogen-bond acceptors (Lipinski definition) is 8. The number of carbonyl (C=O) groups is 4. The second-order valence-electron chi connectivity index (χ2n) is 5.03. The molecule has 1 aromatic carbocycles. The Hall–Kier alpha value is -3.40. The van der Waals surface area contributed by atoms with Crippen molar-refractivity contribution in [3.05, 3.63) is 46.2 Å². The molecule has 0 unspecified atom stereocenters. The van der Waals surface area contributed by atoms with Gasteiger partial charge in [0.25, 0.3) is 11.8 Å². The third-order valence-corrected chi connectivity index (χ3v) is 4.02. The fourth-order valence-corrected chi connectivity index (χ4v) is 2.73. The Bertz CT molecular complexity index is 862. The highest BCUT2D eigenvalue weighted by atomic mass is 32.1. The van der Waals surface area contributed by atoms with Gasteiger partial charge in [-0.05, 0) is 23.6 Å². The van der Waals surface area contributed by atoms with Crippen LogP contribution in [0.3, 0.4) is 0 Å². The van der Waals surface area contributed by atoms with Crippen molar-refractivity contribution < 1.29 is 33.4 Å². The first-order valence-corrected chi connectivity index (χ1v) is 8.43. The number of anilines is 1. The van der Waals surface area contributed by atoms with E-state index in [9.17, 15) is 19.2 Å². The quantitative estimate of drug-likeness (QED) is 0.645. The Labute approximate surface area is 158 Å². The minimum Gasteiger partial charge on any atom is -0.483 e. The van der Waals surface area contributed by atoms with E-state index in [0.29, 0.717) is 0 Å². The average Bonchev–Trinajstić information content (AvgIpc) is 3.12. The zero-order chi connectivity index (χ0) is 19.8. The Morgan fingerprint density at radius 3 is 2.52 bits per heavy atom. The van der Waals surface area contributed by atoms with Crippen LogP contribution in [0.15, 0.2) is 35.7 Å². The van der Waals surface area contributed by atoms with Gasteiger partial charge in [0, 0.05) is 0 Å². The van der Waals surface area contributed by atoms with Crippen molar-refractivity contribution in [2.24, 2.45) is 5.73 Å². The lowest BCUT2D eigenvalue weighted by Gasteiger charge is -2.10. The molecule has 1 aromatic heterocycles. The fourth-order valence-electron chi connectivity index (χ4n) is 1.96. The van der Waals surface area contributed by atoms with Crippen LogP contribution in [0.2, 0.25) is 0 Å². The van der Waals surface area contributed by atoms with Crippen LogP contribution in [0.25, 0.3) is 0 Å². The summed E-state index contributed by atoms with van der Waals surface area (Å²) in [6.07, 6.45) is 0. The van der Waals surface area contributed by atoms with Crippen LogP contribution in [0.4, 0.5) is 5.69 Å². The number of nitrogens with two attached hydrogens (primary N) is 1. The Kier molecular flexibility index (Phi) is 6.89. The van der Waals surface area contributed by atoms with Crippen LogP contribution in [-0.2, 0) is 19.1 Å². The monoisotopic (exact) mass is 392 g/mol. The summed E-state index contributed by atoms with van der Waals surface area (Å²) in [4.78, 5) is 46.8. The molecule has 9 nitrogen and oxygen atoms in total. The summed E-state index contributed by atoms with van der Waals surface area (Å²) >= 11 is 1.10. The number of carbonyl (C=O) groups excluding carboxylic acids is 4. The van der Waals surface area contributed by atoms with Crippen LogP contribution in [0, 0.1) is 0 Å². The van der Waals surface area contributed by atoms with Gasteiger partial charge in [0.05, 0.1) is 12.8 Å². The van der Waals surface area contributed by atoms with Gasteiger partial charge in [0.2, 0.25) is 0 Å². The molecule has 0 atom stereocenters. The SMILES string of the molecule is COC(=O)c1sccc1NC(=O)COC(=O)c1ccccc1OCC(N)=O. The van der Waals surface area contributed by atoms with E-state index in [2.05, 4.69) is 10.1 Å². The van der Waals surface area contributed by atoms with Gasteiger partial charge >= 0.3 is 11.9 Å². The van der Waals surface area contributed by atoms with E-state index < -0.39 is 37.0 Å². The highest BCUT2D eigenvalue weighted by molar-refractivity contribution is 7.12. The number of hydrogen-bond donors (Lipinski definition) is 2. The molecule has 0 fully saturated rings. The number of nitrogens with one attached hydrogen (secondary N) is 1. The third kappa shape index (κ3) is 5.54. The first kappa shape index (κ1) is 19.9. The molecule has 10 heteroatoms. The summed E-state index contributed by atoms with van der Waals surface area (Å²) in [5.74, 6) is -2.63. The van der Waals surface area contributed by atoms with Gasteiger partial charge in [-0.3, -0.25) is 9.59 Å². The zero-order valence-corrected chi connectivity index (χ0v) is 15.0. The molecule has 2 amide bonds. The lowest BCUT2D eigenvalue weighted by Crippen LogP contribution is -2.23. The maximum Gasteiger partial charge on any atom is 0.350 e. The summed E-state index contributed by atoms with van der Waals surface area (Å²) in [6.45, 7) is -0.987. The molecule has 0 saturated carbocycles. The molecule has 0 aliphatic carbocycles. The molecule has 1 heterocycles. The first-order valence-electron chi connectivity index (χ1n) is 7.55. The van der Waals surface area contributed by atoms with Crippen LogP contribution in [0.5, 0.6) is 5.75 Å². The minimum absolute atomic E-state index is 0.0392. The Morgan fingerprint density at radius 2 is 1.81 bits per heavy atom. The number of rotatable bonds is 8. The molecule has 27 heavy (non-hydrogen) atoms. The van der Waals surface area contributed by atoms with E-state index in [1.54, 1.807) is 17.5 Å². The van der Waals surface area contributed by atoms with E-state index in [1.165, 1.54) is 25.3 Å². The van der Waals surface area contributed by atoms with E-state index in [1.807, 2.05) is 0 Å². The Morgan fingerprint density at radius 1 is 1.07 bits per heavy atom. The van der Waals surface area contributed by atoms with Gasteiger partial charge < -0.3 is 25.3 Å². The standard InChI is InChI=1S/C17H16N2O7S/c1-24-17(23)15-11(6-7-27-15)19-14(21)9-26-16(22)10-4-2-3-5-12(10)25-8-13(18)20/h2-7H,8-9H2,1H3,(H2,18,20)(H,19,21). The molecular formula is C17H16N2O7S. The number of amides is 2. The molecule has 0 spiro atoms. The maximum absolute atomic E-state index is 12.2. The number of primary amides is 1. The lowest BCUT2D eigenvalue weighted by atomic mass is 10.2. The number of ether oxygens (including phenoxy) is 3. The van der Waals surface area contributed by atoms with Crippen molar-refractivity contribution in [1.29, 1.82) is 0 Å². The molecule has 142 valence electrons. The average molecular weight is 392 g/mol. The van der Waals surface area contributed by atoms with Crippen LogP contribution < -0.4 is 15.8 Å². The maximum atomic E-state index is 12.2. The molecule has 2 aromatic rings. The van der Waals surface area contributed by atoms with Gasteiger partial charge in [-0.15, -0.1) is 11.3 Å². The van der Waals surface area contributed by atoms with Crippen LogP contribution >= 0.6 is 11.3 Å². The summed E-state index contributed by atoms with van der Waals surface area (Å²) in [7, 11) is 1.23. The number of thiophene rings is 1. The van der Waals surface area contributed by atoms with Crippen molar-refractivity contribution in [2.45, 2.75) is 0 Å². The summed E-state index contributed by atoms with van der Waals surface area (Å²) in [6, 6.07) is 7.59. The normalized spacial score (nSPS) is 9.96. The van der Waals surface area contributed by atoms with Crippen LogP contribution in [0.1, 0.15) is 20.0 Å². The molecule has 3 N–H and O–H groups in total. The van der Waals surface area contributed by atoms with E-state index in [-0.39, 0.29) is 21.9 Å². The third-order valence-electron chi connectivity index (χ3n) is 3.12. The van der Waals surface area contributed by atoms with Crippen molar-refractivity contribution in [1.82, 2.24) is 0 Å². The van der Waals surface area contributed by atoms with Gasteiger partial charge in [-0.1, -0.05) is 12.1 Å². The fraction of sp³-hybridized carbons (Fsp3) is 0.176. The van der Waals surface area contributed by atoms with Crippen molar-refractivity contribution >= 4 is 40.8 Å². The van der Waals surface area contributed by atoms with Crippen molar-refractivity contribution in [3.63, 3.8) is 0 Å². The predicted octanol–water partition coefficient (Wildman–Crippen LogP) is 1.19. The molecule has 2 rings (SSSR count). The molecule has 0 radical (unpaired) electrons. The van der Waals surface area contributed by atoms with E-state index in [0.717, 1.165) is 11.3 Å². The largest absolute Gasteiger partial charge is 0.483 e. The number of benzene rings is 1. The highest BCUT2D eigenvalue weighted by Gasteiger charge is 2.18. The topological polar surface area (TPSA) is 134 Å². The first-order chi connectivity index (χ1) is 12.9.